The van der Waals surface area contributed by atoms with Gasteiger partial charge in [-0.15, -0.1) is 0 Å². The van der Waals surface area contributed by atoms with Crippen molar-refractivity contribution in [3.63, 3.8) is 0 Å². The third kappa shape index (κ3) is 10.6. The Bertz CT molecular complexity index is 835. The van der Waals surface area contributed by atoms with E-state index < -0.39 is 23.8 Å². The molecule has 2 atom stereocenters. The smallest absolute Gasteiger partial charge is 0.408 e. The third-order valence-corrected chi connectivity index (χ3v) is 5.57. The number of hydrogen-bond donors (Lipinski definition) is 3. The van der Waals surface area contributed by atoms with E-state index in [4.69, 9.17) is 4.74 Å². The van der Waals surface area contributed by atoms with Crippen molar-refractivity contribution < 1.29 is 24.2 Å². The lowest BCUT2D eigenvalue weighted by molar-refractivity contribution is -0.142. The number of carbonyl (C=O) groups excluding carboxylic acids is 3. The Kier molecular flexibility index (Phi) is 12.6. The average Bonchev–Trinajstić information content (AvgIpc) is 2.76. The summed E-state index contributed by atoms with van der Waals surface area (Å²) < 4.78 is 5.31. The van der Waals surface area contributed by atoms with Crippen LogP contribution in [0.2, 0.25) is 0 Å². The fraction of sp³-hybridized carbons (Fsp3) is 0.667. The molecule has 0 spiro atoms. The van der Waals surface area contributed by atoms with Crippen LogP contribution in [0.25, 0.3) is 0 Å². The molecule has 0 aliphatic heterocycles. The van der Waals surface area contributed by atoms with E-state index in [1.54, 1.807) is 57.7 Å². The number of ether oxygens (including phenoxy) is 1. The molecule has 0 saturated heterocycles. The third-order valence-electron chi connectivity index (χ3n) is 5.57. The lowest BCUT2D eigenvalue weighted by Crippen LogP contribution is -2.52. The number of nitrogens with one attached hydrogen (secondary N) is 2. The summed E-state index contributed by atoms with van der Waals surface area (Å²) in [6, 6.07) is 3.17. The first-order valence-corrected chi connectivity index (χ1v) is 12.8. The van der Waals surface area contributed by atoms with Crippen LogP contribution in [0.3, 0.4) is 0 Å². The van der Waals surface area contributed by atoms with Gasteiger partial charge in [-0.1, -0.05) is 45.6 Å². The second-order valence-electron chi connectivity index (χ2n) is 10.1. The summed E-state index contributed by atoms with van der Waals surface area (Å²) in [6.45, 7) is 13.6. The number of unbranched alkanes of at least 4 members (excludes halogenated alkanes) is 4. The molecule has 2 unspecified atom stereocenters. The molecule has 1 aromatic carbocycles. The van der Waals surface area contributed by atoms with Crippen molar-refractivity contribution in [3.8, 4) is 5.75 Å². The first kappa shape index (κ1) is 30.3. The van der Waals surface area contributed by atoms with Crippen LogP contribution in [0.4, 0.5) is 4.79 Å². The van der Waals surface area contributed by atoms with Gasteiger partial charge in [0.25, 0.3) is 0 Å². The van der Waals surface area contributed by atoms with Gasteiger partial charge in [-0.3, -0.25) is 9.59 Å². The highest BCUT2D eigenvalue weighted by Crippen LogP contribution is 2.27. The summed E-state index contributed by atoms with van der Waals surface area (Å²) in [5.74, 6) is -0.522. The molecule has 0 saturated carbocycles. The standard InChI is InChI=1S/C27H45N3O5/c1-8-10-12-16-28-24(32)23(21-14-15-22(31)19(3)18-21)30(17-13-11-9-2)25(33)20(4)29-26(34)35-27(5,6)7/h14-15,18,20,23,31H,8-13,16-17H2,1-7H3,(H,28,32)(H,29,34). The molecule has 0 heterocycles. The van der Waals surface area contributed by atoms with E-state index in [0.29, 0.717) is 24.2 Å². The molecule has 1 aromatic rings. The Balaban J connectivity index is 3.29. The molecule has 0 aromatic heterocycles. The molecular formula is C27H45N3O5. The number of aromatic hydroxyl groups is 1. The van der Waals surface area contributed by atoms with Gasteiger partial charge in [0.1, 0.15) is 23.4 Å². The summed E-state index contributed by atoms with van der Waals surface area (Å²) in [7, 11) is 0. The van der Waals surface area contributed by atoms with Crippen LogP contribution in [0.15, 0.2) is 18.2 Å². The van der Waals surface area contributed by atoms with Crippen molar-refractivity contribution in [1.29, 1.82) is 0 Å². The largest absolute Gasteiger partial charge is 0.508 e. The van der Waals surface area contributed by atoms with Gasteiger partial charge in [0.15, 0.2) is 0 Å². The van der Waals surface area contributed by atoms with E-state index in [9.17, 15) is 19.5 Å². The van der Waals surface area contributed by atoms with E-state index in [2.05, 4.69) is 24.5 Å². The normalized spacial score (nSPS) is 13.0. The highest BCUT2D eigenvalue weighted by atomic mass is 16.6. The Morgan fingerprint density at radius 3 is 2.26 bits per heavy atom. The molecule has 0 aliphatic rings. The molecule has 0 aliphatic carbocycles. The van der Waals surface area contributed by atoms with E-state index in [0.717, 1.165) is 38.5 Å². The van der Waals surface area contributed by atoms with Gasteiger partial charge < -0.3 is 25.4 Å². The quantitative estimate of drug-likeness (QED) is 0.337. The monoisotopic (exact) mass is 491 g/mol. The number of nitrogens with zero attached hydrogens (tertiary/aromatic N) is 1. The molecule has 0 fully saturated rings. The van der Waals surface area contributed by atoms with Crippen LogP contribution in [0, 0.1) is 6.92 Å². The molecule has 0 radical (unpaired) electrons. The molecular weight excluding hydrogens is 446 g/mol. The molecule has 35 heavy (non-hydrogen) atoms. The number of aryl methyl sites for hydroxylation is 1. The van der Waals surface area contributed by atoms with Crippen LogP contribution >= 0.6 is 0 Å². The first-order chi connectivity index (χ1) is 16.4. The zero-order chi connectivity index (χ0) is 26.6. The van der Waals surface area contributed by atoms with Gasteiger partial charge in [-0.25, -0.2) is 4.79 Å². The van der Waals surface area contributed by atoms with Crippen molar-refractivity contribution in [3.05, 3.63) is 29.3 Å². The number of carbonyl (C=O) groups is 3. The minimum absolute atomic E-state index is 0.125. The Morgan fingerprint density at radius 1 is 1.06 bits per heavy atom. The Hall–Kier alpha value is -2.77. The van der Waals surface area contributed by atoms with Gasteiger partial charge in [0, 0.05) is 13.1 Å². The summed E-state index contributed by atoms with van der Waals surface area (Å²) in [4.78, 5) is 40.9. The van der Waals surface area contributed by atoms with Gasteiger partial charge in [-0.05, 0) is 70.7 Å². The van der Waals surface area contributed by atoms with Crippen LogP contribution in [0.1, 0.15) is 97.2 Å². The predicted octanol–water partition coefficient (Wildman–Crippen LogP) is 4.98. The second kappa shape index (κ2) is 14.6. The van der Waals surface area contributed by atoms with Crippen LogP contribution in [-0.2, 0) is 14.3 Å². The lowest BCUT2D eigenvalue weighted by Gasteiger charge is -2.34. The highest BCUT2D eigenvalue weighted by Gasteiger charge is 2.34. The lowest BCUT2D eigenvalue weighted by atomic mass is 10.00. The molecule has 1 rings (SSSR count). The molecule has 3 N–H and O–H groups in total. The molecule has 3 amide bonds. The van der Waals surface area contributed by atoms with E-state index in [-0.39, 0.29) is 17.6 Å². The maximum atomic E-state index is 13.6. The number of phenols is 1. The second-order valence-corrected chi connectivity index (χ2v) is 10.1. The molecule has 198 valence electrons. The van der Waals surface area contributed by atoms with Crippen LogP contribution in [0.5, 0.6) is 5.75 Å². The highest BCUT2D eigenvalue weighted by molar-refractivity contribution is 5.92. The number of phenolic OH excluding ortho intramolecular Hbond substituents is 1. The number of hydrogen-bond acceptors (Lipinski definition) is 5. The number of alkyl carbamates (subject to hydrolysis) is 1. The SMILES string of the molecule is CCCCCNC(=O)C(c1ccc(O)c(C)c1)N(CCCCC)C(=O)C(C)NC(=O)OC(C)(C)C. The maximum Gasteiger partial charge on any atom is 0.408 e. The summed E-state index contributed by atoms with van der Waals surface area (Å²) in [5, 5.41) is 15.6. The van der Waals surface area contributed by atoms with Crippen molar-refractivity contribution in [2.45, 2.75) is 105 Å². The minimum Gasteiger partial charge on any atom is -0.508 e. The fourth-order valence-corrected chi connectivity index (χ4v) is 3.70. The van der Waals surface area contributed by atoms with Gasteiger partial charge in [0.2, 0.25) is 11.8 Å². The summed E-state index contributed by atoms with van der Waals surface area (Å²) in [6.07, 6.45) is 4.78. The van der Waals surface area contributed by atoms with E-state index in [1.165, 1.54) is 0 Å². The van der Waals surface area contributed by atoms with E-state index >= 15 is 0 Å². The number of amides is 3. The van der Waals surface area contributed by atoms with Crippen molar-refractivity contribution >= 4 is 17.9 Å². The van der Waals surface area contributed by atoms with E-state index in [1.807, 2.05) is 0 Å². The average molecular weight is 492 g/mol. The zero-order valence-corrected chi connectivity index (χ0v) is 22.6. The molecule has 0 bridgehead atoms. The minimum atomic E-state index is -0.889. The van der Waals surface area contributed by atoms with Crippen LogP contribution < -0.4 is 10.6 Å². The zero-order valence-electron chi connectivity index (χ0n) is 22.6. The molecule has 8 heteroatoms. The first-order valence-electron chi connectivity index (χ1n) is 12.8. The Labute approximate surface area is 210 Å². The van der Waals surface area contributed by atoms with Crippen molar-refractivity contribution in [1.82, 2.24) is 15.5 Å². The summed E-state index contributed by atoms with van der Waals surface area (Å²) >= 11 is 0. The number of benzene rings is 1. The van der Waals surface area contributed by atoms with Gasteiger partial charge in [0.05, 0.1) is 0 Å². The maximum absolute atomic E-state index is 13.6. The predicted molar refractivity (Wildman–Crippen MR) is 138 cm³/mol. The Morgan fingerprint density at radius 2 is 1.69 bits per heavy atom. The van der Waals surface area contributed by atoms with Crippen molar-refractivity contribution in [2.24, 2.45) is 0 Å². The number of rotatable bonds is 13. The molecule has 8 nitrogen and oxygen atoms in total. The van der Waals surface area contributed by atoms with Gasteiger partial charge >= 0.3 is 6.09 Å². The van der Waals surface area contributed by atoms with Crippen molar-refractivity contribution in [2.75, 3.05) is 13.1 Å². The topological polar surface area (TPSA) is 108 Å². The fourth-order valence-electron chi connectivity index (χ4n) is 3.70. The summed E-state index contributed by atoms with van der Waals surface area (Å²) in [5.41, 5.74) is 0.535. The van der Waals surface area contributed by atoms with Crippen LogP contribution in [-0.4, -0.2) is 52.6 Å². The van der Waals surface area contributed by atoms with Gasteiger partial charge in [-0.2, -0.15) is 0 Å².